The Labute approximate surface area is 146 Å². The highest BCUT2D eigenvalue weighted by Crippen LogP contribution is 2.28. The molecule has 4 nitrogen and oxygen atoms in total. The third-order valence-corrected chi connectivity index (χ3v) is 4.32. The summed E-state index contributed by atoms with van der Waals surface area (Å²) in [5.74, 6) is -0.0707. The zero-order valence-electron chi connectivity index (χ0n) is 13.2. The number of halogens is 1. The Morgan fingerprint density at radius 3 is 2.62 bits per heavy atom. The van der Waals surface area contributed by atoms with Crippen LogP contribution < -0.4 is 5.32 Å². The maximum atomic E-state index is 12.4. The molecule has 3 rings (SSSR count). The Hall–Kier alpha value is -2.35. The van der Waals surface area contributed by atoms with Crippen molar-refractivity contribution in [2.24, 2.45) is 0 Å². The lowest BCUT2D eigenvalue weighted by Crippen LogP contribution is -2.34. The average molecular weight is 340 g/mol. The summed E-state index contributed by atoms with van der Waals surface area (Å²) >= 11 is 6.00. The molecule has 5 heteroatoms. The average Bonchev–Trinajstić information content (AvgIpc) is 3.40. The first-order chi connectivity index (χ1) is 11.7. The van der Waals surface area contributed by atoms with Crippen LogP contribution in [0.5, 0.6) is 0 Å². The molecule has 0 bridgehead atoms. The molecule has 0 spiro atoms. The number of benzene rings is 2. The molecule has 0 heterocycles. The van der Waals surface area contributed by atoms with Crippen LogP contribution in [0.15, 0.2) is 48.5 Å². The van der Waals surface area contributed by atoms with Gasteiger partial charge >= 0.3 is 0 Å². The summed E-state index contributed by atoms with van der Waals surface area (Å²) in [4.78, 5) is 14.6. The zero-order valence-corrected chi connectivity index (χ0v) is 14.0. The number of nitriles is 1. The molecular weight excluding hydrogens is 322 g/mol. The van der Waals surface area contributed by atoms with Gasteiger partial charge in [-0.2, -0.15) is 5.26 Å². The van der Waals surface area contributed by atoms with Crippen LogP contribution in [0.4, 0.5) is 5.69 Å². The molecule has 1 fully saturated rings. The highest BCUT2D eigenvalue weighted by atomic mass is 35.5. The summed E-state index contributed by atoms with van der Waals surface area (Å²) in [6, 6.07) is 17.6. The summed E-state index contributed by atoms with van der Waals surface area (Å²) in [5.41, 5.74) is 2.22. The standard InChI is InChI=1S/C19H18ClN3O/c20-18-10-16(7-6-15(18)11-21)22-19(24)13-23(17-8-9-17)12-14-4-2-1-3-5-14/h1-7,10,17H,8-9,12-13H2,(H,22,24). The summed E-state index contributed by atoms with van der Waals surface area (Å²) < 4.78 is 0. The van der Waals surface area contributed by atoms with Crippen molar-refractivity contribution in [3.63, 3.8) is 0 Å². The highest BCUT2D eigenvalue weighted by Gasteiger charge is 2.30. The van der Waals surface area contributed by atoms with Crippen LogP contribution in [0.25, 0.3) is 0 Å². The van der Waals surface area contributed by atoms with Crippen LogP contribution >= 0.6 is 11.6 Å². The van der Waals surface area contributed by atoms with E-state index < -0.39 is 0 Å². The molecular formula is C19H18ClN3O. The minimum absolute atomic E-state index is 0.0707. The van der Waals surface area contributed by atoms with E-state index in [0.29, 0.717) is 28.9 Å². The number of nitrogens with one attached hydrogen (secondary N) is 1. The summed E-state index contributed by atoms with van der Waals surface area (Å²) in [6.07, 6.45) is 2.28. The third-order valence-electron chi connectivity index (χ3n) is 4.01. The van der Waals surface area contributed by atoms with E-state index in [2.05, 4.69) is 22.3 Å². The number of carbonyl (C=O) groups is 1. The van der Waals surface area contributed by atoms with Crippen molar-refractivity contribution in [1.29, 1.82) is 5.26 Å². The van der Waals surface area contributed by atoms with Crippen molar-refractivity contribution in [3.8, 4) is 6.07 Å². The summed E-state index contributed by atoms with van der Waals surface area (Å²) in [6.45, 7) is 1.12. The minimum Gasteiger partial charge on any atom is -0.325 e. The molecule has 0 atom stereocenters. The van der Waals surface area contributed by atoms with Crippen LogP contribution in [0, 0.1) is 11.3 Å². The van der Waals surface area contributed by atoms with Gasteiger partial charge in [-0.3, -0.25) is 9.69 Å². The Kier molecular flexibility index (Phi) is 5.14. The Bertz CT molecular complexity index is 766. The molecule has 0 radical (unpaired) electrons. The first-order valence-electron chi connectivity index (χ1n) is 7.93. The van der Waals surface area contributed by atoms with E-state index in [0.717, 1.165) is 19.4 Å². The molecule has 1 N–H and O–H groups in total. The lowest BCUT2D eigenvalue weighted by Gasteiger charge is -2.21. The lowest BCUT2D eigenvalue weighted by atomic mass is 10.2. The number of amides is 1. The number of nitrogens with zero attached hydrogens (tertiary/aromatic N) is 2. The fraction of sp³-hybridized carbons (Fsp3) is 0.263. The van der Waals surface area contributed by atoms with Gasteiger partial charge in [0.1, 0.15) is 6.07 Å². The van der Waals surface area contributed by atoms with Crippen molar-refractivity contribution >= 4 is 23.2 Å². The number of carbonyl (C=O) groups excluding carboxylic acids is 1. The van der Waals surface area contributed by atoms with Gasteiger partial charge in [0.2, 0.25) is 5.91 Å². The van der Waals surface area contributed by atoms with Crippen LogP contribution in [-0.4, -0.2) is 23.4 Å². The van der Waals surface area contributed by atoms with Crippen molar-refractivity contribution < 1.29 is 4.79 Å². The molecule has 2 aromatic carbocycles. The smallest absolute Gasteiger partial charge is 0.238 e. The van der Waals surface area contributed by atoms with Gasteiger partial charge in [0.15, 0.2) is 0 Å². The molecule has 0 unspecified atom stereocenters. The van der Waals surface area contributed by atoms with Gasteiger partial charge in [-0.1, -0.05) is 41.9 Å². The Balaban J connectivity index is 1.62. The molecule has 0 aliphatic heterocycles. The van der Waals surface area contributed by atoms with Crippen LogP contribution in [0.2, 0.25) is 5.02 Å². The van der Waals surface area contributed by atoms with E-state index in [1.54, 1.807) is 18.2 Å². The second-order valence-electron chi connectivity index (χ2n) is 5.98. The van der Waals surface area contributed by atoms with Gasteiger partial charge in [0.25, 0.3) is 0 Å². The van der Waals surface area contributed by atoms with E-state index >= 15 is 0 Å². The molecule has 1 aliphatic carbocycles. The van der Waals surface area contributed by atoms with Crippen molar-refractivity contribution in [3.05, 3.63) is 64.7 Å². The monoisotopic (exact) mass is 339 g/mol. The minimum atomic E-state index is -0.0707. The van der Waals surface area contributed by atoms with Gasteiger partial charge in [-0.15, -0.1) is 0 Å². The van der Waals surface area contributed by atoms with E-state index in [4.69, 9.17) is 16.9 Å². The third kappa shape index (κ3) is 4.35. The van der Waals surface area contributed by atoms with Crippen LogP contribution in [0.3, 0.4) is 0 Å². The van der Waals surface area contributed by atoms with Gasteiger partial charge in [-0.05, 0) is 36.6 Å². The Morgan fingerprint density at radius 1 is 1.25 bits per heavy atom. The second kappa shape index (κ2) is 7.48. The normalized spacial score (nSPS) is 13.5. The molecule has 1 aliphatic rings. The first-order valence-corrected chi connectivity index (χ1v) is 8.31. The lowest BCUT2D eigenvalue weighted by molar-refractivity contribution is -0.117. The fourth-order valence-corrected chi connectivity index (χ4v) is 2.86. The van der Waals surface area contributed by atoms with Gasteiger partial charge < -0.3 is 5.32 Å². The molecule has 24 heavy (non-hydrogen) atoms. The van der Waals surface area contributed by atoms with E-state index in [9.17, 15) is 4.79 Å². The summed E-state index contributed by atoms with van der Waals surface area (Å²) in [7, 11) is 0. The van der Waals surface area contributed by atoms with E-state index in [1.165, 1.54) is 5.56 Å². The zero-order chi connectivity index (χ0) is 16.9. The van der Waals surface area contributed by atoms with Crippen LogP contribution in [0.1, 0.15) is 24.0 Å². The fourth-order valence-electron chi connectivity index (χ4n) is 2.64. The largest absolute Gasteiger partial charge is 0.325 e. The van der Waals surface area contributed by atoms with Gasteiger partial charge in [0.05, 0.1) is 17.1 Å². The number of rotatable bonds is 6. The molecule has 122 valence electrons. The molecule has 1 saturated carbocycles. The number of hydrogen-bond donors (Lipinski definition) is 1. The highest BCUT2D eigenvalue weighted by molar-refractivity contribution is 6.32. The maximum Gasteiger partial charge on any atom is 0.238 e. The van der Waals surface area contributed by atoms with Crippen molar-refractivity contribution in [2.45, 2.75) is 25.4 Å². The van der Waals surface area contributed by atoms with Crippen molar-refractivity contribution in [1.82, 2.24) is 4.90 Å². The maximum absolute atomic E-state index is 12.4. The van der Waals surface area contributed by atoms with E-state index in [-0.39, 0.29) is 5.91 Å². The molecule has 0 aromatic heterocycles. The summed E-state index contributed by atoms with van der Waals surface area (Å²) in [5, 5.41) is 12.1. The first kappa shape index (κ1) is 16.5. The second-order valence-corrected chi connectivity index (χ2v) is 6.38. The van der Waals surface area contributed by atoms with Gasteiger partial charge in [-0.25, -0.2) is 0 Å². The molecule has 2 aromatic rings. The molecule has 1 amide bonds. The van der Waals surface area contributed by atoms with Crippen LogP contribution in [-0.2, 0) is 11.3 Å². The van der Waals surface area contributed by atoms with Gasteiger partial charge in [0, 0.05) is 18.3 Å². The predicted molar refractivity (Wildman–Crippen MR) is 94.7 cm³/mol. The Morgan fingerprint density at radius 2 is 2.00 bits per heavy atom. The number of hydrogen-bond acceptors (Lipinski definition) is 3. The SMILES string of the molecule is N#Cc1ccc(NC(=O)CN(Cc2ccccc2)C2CC2)cc1Cl. The predicted octanol–water partition coefficient (Wildman–Crippen LogP) is 3.81. The number of anilines is 1. The quantitative estimate of drug-likeness (QED) is 0.870. The van der Waals surface area contributed by atoms with Crippen molar-refractivity contribution in [2.75, 3.05) is 11.9 Å². The molecule has 0 saturated heterocycles. The topological polar surface area (TPSA) is 56.1 Å². The van der Waals surface area contributed by atoms with E-state index in [1.807, 2.05) is 24.3 Å².